The number of thiophene rings is 1. The molecule has 3 aromatic rings. The van der Waals surface area contributed by atoms with Crippen LogP contribution in [-0.2, 0) is 0 Å². The Balaban J connectivity index is 2.13. The Bertz CT molecular complexity index is 1130. The molecule has 0 saturated heterocycles. The molecule has 0 fully saturated rings. The van der Waals surface area contributed by atoms with Crippen LogP contribution in [0.15, 0.2) is 47.5 Å². The summed E-state index contributed by atoms with van der Waals surface area (Å²) in [7, 11) is 0. The van der Waals surface area contributed by atoms with Gasteiger partial charge in [-0.25, -0.2) is 4.99 Å². The number of anilines is 1. The van der Waals surface area contributed by atoms with Crippen molar-refractivity contribution < 1.29 is 4.79 Å². The lowest BCUT2D eigenvalue weighted by atomic mass is 10.1. The van der Waals surface area contributed by atoms with E-state index in [0.29, 0.717) is 25.9 Å². The molecule has 2 aromatic carbocycles. The van der Waals surface area contributed by atoms with Crippen LogP contribution < -0.4 is 5.73 Å². The van der Waals surface area contributed by atoms with Gasteiger partial charge >= 0.3 is 0 Å². The van der Waals surface area contributed by atoms with Crippen LogP contribution in [0.3, 0.4) is 0 Å². The van der Waals surface area contributed by atoms with Crippen molar-refractivity contribution in [2.75, 3.05) is 12.0 Å². The molecule has 0 radical (unpaired) electrons. The van der Waals surface area contributed by atoms with Gasteiger partial charge in [0.25, 0.3) is 0 Å². The Hall–Kier alpha value is -2.88. The van der Waals surface area contributed by atoms with E-state index in [1.54, 1.807) is 12.1 Å². The summed E-state index contributed by atoms with van der Waals surface area (Å²) in [4.78, 5) is 18.9. The highest BCUT2D eigenvalue weighted by Gasteiger charge is 2.24. The molecule has 4 nitrogen and oxygen atoms in total. The summed E-state index contributed by atoms with van der Waals surface area (Å²) < 4.78 is 0. The molecule has 0 spiro atoms. The van der Waals surface area contributed by atoms with Crippen LogP contribution in [0.1, 0.15) is 42.4 Å². The number of benzene rings is 2. The average Bonchev–Trinajstić information content (AvgIpc) is 3.04. The predicted octanol–water partition coefficient (Wildman–Crippen LogP) is 5.80. The van der Waals surface area contributed by atoms with E-state index < -0.39 is 0 Å². The van der Waals surface area contributed by atoms with E-state index in [9.17, 15) is 10.1 Å². The zero-order valence-corrected chi connectivity index (χ0v) is 18.4. The van der Waals surface area contributed by atoms with Gasteiger partial charge in [-0.15, -0.1) is 23.1 Å². The van der Waals surface area contributed by atoms with E-state index in [2.05, 4.69) is 6.07 Å². The molecule has 29 heavy (non-hydrogen) atoms. The van der Waals surface area contributed by atoms with Gasteiger partial charge in [0.05, 0.1) is 21.8 Å². The minimum absolute atomic E-state index is 0.178. The molecule has 0 amide bonds. The number of nitriles is 1. The van der Waals surface area contributed by atoms with Crippen molar-refractivity contribution in [3.63, 3.8) is 0 Å². The highest BCUT2D eigenvalue weighted by atomic mass is 32.2. The third-order valence-corrected chi connectivity index (χ3v) is 6.64. The molecule has 6 heteroatoms. The minimum atomic E-state index is -0.178. The standard InChI is InChI=1S/C23H21N3OS2/c1-13-8-10-16(11-9-13)20(27)22-18(25)17(12-24)21(29-22)23(28-4)26-19-14(2)6-5-7-15(19)3/h5-11H,25H2,1-4H3. The second kappa shape index (κ2) is 8.64. The van der Waals surface area contributed by atoms with Gasteiger partial charge in [0.1, 0.15) is 16.0 Å². The fourth-order valence-electron chi connectivity index (χ4n) is 2.98. The SMILES string of the molecule is CSC(=Nc1c(C)cccc1C)c1sc(C(=O)c2ccc(C)cc2)c(N)c1C#N. The zero-order valence-electron chi connectivity index (χ0n) is 16.7. The van der Waals surface area contributed by atoms with E-state index in [-0.39, 0.29) is 11.5 Å². The lowest BCUT2D eigenvalue weighted by molar-refractivity contribution is 0.104. The largest absolute Gasteiger partial charge is 0.396 e. The van der Waals surface area contributed by atoms with Gasteiger partial charge < -0.3 is 5.73 Å². The van der Waals surface area contributed by atoms with Crippen LogP contribution >= 0.6 is 23.1 Å². The zero-order chi connectivity index (χ0) is 21.1. The van der Waals surface area contributed by atoms with Gasteiger partial charge in [-0.05, 0) is 38.2 Å². The van der Waals surface area contributed by atoms with Gasteiger partial charge in [0.15, 0.2) is 0 Å². The van der Waals surface area contributed by atoms with Crippen LogP contribution in [0.4, 0.5) is 11.4 Å². The second-order valence-corrected chi connectivity index (χ2v) is 8.53. The van der Waals surface area contributed by atoms with Gasteiger partial charge in [-0.2, -0.15) is 5.26 Å². The number of aryl methyl sites for hydroxylation is 3. The Morgan fingerprint density at radius 2 is 1.69 bits per heavy atom. The molecule has 0 bridgehead atoms. The summed E-state index contributed by atoms with van der Waals surface area (Å²) in [6.45, 7) is 5.97. The Kier molecular flexibility index (Phi) is 6.21. The summed E-state index contributed by atoms with van der Waals surface area (Å²) in [6, 6.07) is 15.5. The second-order valence-electron chi connectivity index (χ2n) is 6.72. The summed E-state index contributed by atoms with van der Waals surface area (Å²) in [5, 5.41) is 10.4. The van der Waals surface area contributed by atoms with E-state index in [1.807, 2.05) is 57.4 Å². The Morgan fingerprint density at radius 1 is 1.07 bits per heavy atom. The van der Waals surface area contributed by atoms with Crippen molar-refractivity contribution in [3.8, 4) is 6.07 Å². The maximum Gasteiger partial charge on any atom is 0.205 e. The van der Waals surface area contributed by atoms with E-state index in [0.717, 1.165) is 22.4 Å². The Labute approximate surface area is 179 Å². The lowest BCUT2D eigenvalue weighted by Crippen LogP contribution is -2.02. The summed E-state index contributed by atoms with van der Waals surface area (Å²) in [5.74, 6) is -0.178. The molecule has 0 atom stereocenters. The molecular weight excluding hydrogens is 398 g/mol. The maximum atomic E-state index is 13.0. The average molecular weight is 420 g/mol. The number of aliphatic imine (C=N–C) groups is 1. The Morgan fingerprint density at radius 3 is 2.24 bits per heavy atom. The minimum Gasteiger partial charge on any atom is -0.396 e. The van der Waals surface area contributed by atoms with E-state index in [4.69, 9.17) is 10.7 Å². The summed E-state index contributed by atoms with van der Waals surface area (Å²) in [5.41, 5.74) is 11.4. The maximum absolute atomic E-state index is 13.0. The summed E-state index contributed by atoms with van der Waals surface area (Å²) >= 11 is 2.67. The third kappa shape index (κ3) is 4.12. The molecule has 0 aliphatic heterocycles. The highest BCUT2D eigenvalue weighted by molar-refractivity contribution is 8.14. The number of hydrogen-bond acceptors (Lipinski definition) is 6. The molecule has 0 aliphatic rings. The molecule has 0 aliphatic carbocycles. The number of carbonyl (C=O) groups excluding carboxylic acids is 1. The van der Waals surface area contributed by atoms with Crippen LogP contribution in [0.2, 0.25) is 0 Å². The number of carbonyl (C=O) groups is 1. The van der Waals surface area contributed by atoms with Gasteiger partial charge in [0, 0.05) is 5.56 Å². The van der Waals surface area contributed by atoms with Crippen molar-refractivity contribution in [2.45, 2.75) is 20.8 Å². The summed E-state index contributed by atoms with van der Waals surface area (Å²) in [6.07, 6.45) is 1.91. The fourth-order valence-corrected chi connectivity index (χ4v) is 4.85. The molecule has 1 heterocycles. The van der Waals surface area contributed by atoms with Gasteiger partial charge in [0.2, 0.25) is 5.78 Å². The third-order valence-electron chi connectivity index (χ3n) is 4.62. The van der Waals surface area contributed by atoms with Crippen molar-refractivity contribution in [3.05, 3.63) is 80.0 Å². The molecule has 3 rings (SSSR count). The molecule has 0 unspecified atom stereocenters. The van der Waals surface area contributed by atoms with E-state index in [1.165, 1.54) is 23.1 Å². The first-order chi connectivity index (χ1) is 13.9. The van der Waals surface area contributed by atoms with E-state index >= 15 is 0 Å². The van der Waals surface area contributed by atoms with Gasteiger partial charge in [-0.1, -0.05) is 48.0 Å². The van der Waals surface area contributed by atoms with Crippen LogP contribution in [-0.4, -0.2) is 17.1 Å². The highest BCUT2D eigenvalue weighted by Crippen LogP contribution is 2.36. The van der Waals surface area contributed by atoms with Crippen LogP contribution in [0.5, 0.6) is 0 Å². The fraction of sp³-hybridized carbons (Fsp3) is 0.174. The monoisotopic (exact) mass is 419 g/mol. The molecule has 146 valence electrons. The predicted molar refractivity (Wildman–Crippen MR) is 124 cm³/mol. The number of para-hydroxylation sites is 1. The number of nitrogens with two attached hydrogens (primary N) is 1. The number of thioether (sulfide) groups is 1. The quantitative estimate of drug-likeness (QED) is 0.329. The number of ketones is 1. The van der Waals surface area contributed by atoms with Crippen molar-refractivity contribution >= 4 is 45.3 Å². The number of hydrogen-bond donors (Lipinski definition) is 1. The number of nitrogen functional groups attached to an aromatic ring is 1. The molecule has 2 N–H and O–H groups in total. The topological polar surface area (TPSA) is 79.2 Å². The van der Waals surface area contributed by atoms with Crippen molar-refractivity contribution in [1.29, 1.82) is 5.26 Å². The van der Waals surface area contributed by atoms with Crippen molar-refractivity contribution in [1.82, 2.24) is 0 Å². The number of nitrogens with zero attached hydrogens (tertiary/aromatic N) is 2. The lowest BCUT2D eigenvalue weighted by Gasteiger charge is -2.07. The normalized spacial score (nSPS) is 11.3. The molecule has 0 saturated carbocycles. The van der Waals surface area contributed by atoms with Gasteiger partial charge in [-0.3, -0.25) is 4.79 Å². The first-order valence-electron chi connectivity index (χ1n) is 9.00. The smallest absolute Gasteiger partial charge is 0.205 e. The molecule has 1 aromatic heterocycles. The first kappa shape index (κ1) is 20.8. The number of rotatable bonds is 4. The first-order valence-corrected chi connectivity index (χ1v) is 11.0. The van der Waals surface area contributed by atoms with Crippen LogP contribution in [0, 0.1) is 32.1 Å². The van der Waals surface area contributed by atoms with Crippen LogP contribution in [0.25, 0.3) is 0 Å². The molecular formula is C23H21N3OS2. The van der Waals surface area contributed by atoms with Crippen molar-refractivity contribution in [2.24, 2.45) is 4.99 Å².